The minimum absolute atomic E-state index is 0.697. The number of nitrogen functional groups attached to an aromatic ring is 1. The van der Waals surface area contributed by atoms with Crippen molar-refractivity contribution in [3.05, 3.63) is 24.3 Å². The van der Waals surface area contributed by atoms with E-state index in [1.165, 1.54) is 0 Å². The molecule has 0 saturated heterocycles. The van der Waals surface area contributed by atoms with Gasteiger partial charge in [-0.15, -0.1) is 0 Å². The van der Waals surface area contributed by atoms with Crippen molar-refractivity contribution < 1.29 is 9.47 Å². The molecule has 0 aliphatic rings. The summed E-state index contributed by atoms with van der Waals surface area (Å²) in [6, 6.07) is 7.60. The average molecular weight is 252 g/mol. The van der Waals surface area contributed by atoms with E-state index in [9.17, 15) is 0 Å². The molecule has 0 aliphatic heterocycles. The van der Waals surface area contributed by atoms with Crippen LogP contribution in [0.15, 0.2) is 24.3 Å². The van der Waals surface area contributed by atoms with Crippen molar-refractivity contribution in [2.45, 2.75) is 12.8 Å². The van der Waals surface area contributed by atoms with Crippen molar-refractivity contribution in [3.63, 3.8) is 0 Å². The fraction of sp³-hybridized carbons (Fsp3) is 0.571. The Morgan fingerprint density at radius 2 is 1.78 bits per heavy atom. The lowest BCUT2D eigenvalue weighted by molar-refractivity contribution is 0.176. The van der Waals surface area contributed by atoms with Gasteiger partial charge in [-0.25, -0.2) is 0 Å². The molecule has 4 heteroatoms. The van der Waals surface area contributed by atoms with Crippen LogP contribution in [0, 0.1) is 0 Å². The summed E-state index contributed by atoms with van der Waals surface area (Å²) in [4.78, 5) is 2.29. The van der Waals surface area contributed by atoms with E-state index in [0.717, 1.165) is 38.3 Å². The zero-order valence-corrected chi connectivity index (χ0v) is 11.4. The number of para-hydroxylation sites is 2. The summed E-state index contributed by atoms with van der Waals surface area (Å²) >= 11 is 0. The van der Waals surface area contributed by atoms with Crippen molar-refractivity contribution in [1.82, 2.24) is 4.90 Å². The molecule has 0 amide bonds. The first-order valence-electron chi connectivity index (χ1n) is 6.39. The van der Waals surface area contributed by atoms with Gasteiger partial charge in [-0.1, -0.05) is 12.1 Å². The summed E-state index contributed by atoms with van der Waals surface area (Å²) in [6.45, 7) is 3.60. The van der Waals surface area contributed by atoms with Crippen molar-refractivity contribution in [2.75, 3.05) is 46.2 Å². The Labute approximate surface area is 110 Å². The highest BCUT2D eigenvalue weighted by Gasteiger charge is 2.00. The third-order valence-corrected chi connectivity index (χ3v) is 2.75. The topological polar surface area (TPSA) is 47.7 Å². The summed E-state index contributed by atoms with van der Waals surface area (Å²) in [5.41, 5.74) is 6.49. The molecule has 1 aromatic carbocycles. The van der Waals surface area contributed by atoms with Crippen LogP contribution < -0.4 is 10.5 Å². The number of nitrogens with zero attached hydrogens (tertiary/aromatic N) is 1. The van der Waals surface area contributed by atoms with E-state index in [1.54, 1.807) is 7.11 Å². The SMILES string of the molecule is COCCCN(C)CCCOc1ccccc1N. The maximum atomic E-state index is 5.79. The van der Waals surface area contributed by atoms with E-state index in [0.29, 0.717) is 12.3 Å². The second-order valence-corrected chi connectivity index (χ2v) is 4.39. The van der Waals surface area contributed by atoms with Crippen LogP contribution in [0.5, 0.6) is 5.75 Å². The first-order chi connectivity index (χ1) is 8.74. The van der Waals surface area contributed by atoms with Crippen LogP contribution in [-0.2, 0) is 4.74 Å². The van der Waals surface area contributed by atoms with Crippen LogP contribution in [0.4, 0.5) is 5.69 Å². The number of nitrogens with two attached hydrogens (primary N) is 1. The van der Waals surface area contributed by atoms with E-state index < -0.39 is 0 Å². The van der Waals surface area contributed by atoms with Gasteiger partial charge in [-0.3, -0.25) is 0 Å². The molecule has 0 radical (unpaired) electrons. The minimum Gasteiger partial charge on any atom is -0.491 e. The molecule has 0 unspecified atom stereocenters. The molecule has 18 heavy (non-hydrogen) atoms. The Hall–Kier alpha value is -1.26. The van der Waals surface area contributed by atoms with Crippen molar-refractivity contribution >= 4 is 5.69 Å². The highest BCUT2D eigenvalue weighted by molar-refractivity contribution is 5.51. The quantitative estimate of drug-likeness (QED) is 0.539. The van der Waals surface area contributed by atoms with Crippen LogP contribution in [0.2, 0.25) is 0 Å². The van der Waals surface area contributed by atoms with Gasteiger partial charge in [0.15, 0.2) is 0 Å². The minimum atomic E-state index is 0.697. The highest BCUT2D eigenvalue weighted by Crippen LogP contribution is 2.19. The van der Waals surface area contributed by atoms with Gasteiger partial charge in [-0.2, -0.15) is 0 Å². The fourth-order valence-corrected chi connectivity index (χ4v) is 1.72. The van der Waals surface area contributed by atoms with Crippen molar-refractivity contribution in [3.8, 4) is 5.75 Å². The molecule has 0 aliphatic carbocycles. The lowest BCUT2D eigenvalue weighted by atomic mass is 10.3. The standard InChI is InChI=1S/C14H24N2O2/c1-16(9-5-11-17-2)10-6-12-18-14-8-4-3-7-13(14)15/h3-4,7-8H,5-6,9-12,15H2,1-2H3. The van der Waals surface area contributed by atoms with E-state index in [-0.39, 0.29) is 0 Å². The third-order valence-electron chi connectivity index (χ3n) is 2.75. The Kier molecular flexibility index (Phi) is 7.22. The van der Waals surface area contributed by atoms with Crippen molar-refractivity contribution in [2.24, 2.45) is 0 Å². The number of benzene rings is 1. The van der Waals surface area contributed by atoms with Gasteiger partial charge in [0.1, 0.15) is 5.75 Å². The molecule has 1 rings (SSSR count). The van der Waals surface area contributed by atoms with E-state index in [1.807, 2.05) is 24.3 Å². The van der Waals surface area contributed by atoms with Crippen LogP contribution >= 0.6 is 0 Å². The molecular formula is C14H24N2O2. The zero-order valence-electron chi connectivity index (χ0n) is 11.4. The maximum absolute atomic E-state index is 5.79. The second-order valence-electron chi connectivity index (χ2n) is 4.39. The molecule has 102 valence electrons. The molecule has 0 spiro atoms. The number of anilines is 1. The van der Waals surface area contributed by atoms with Crippen LogP contribution in [-0.4, -0.2) is 45.4 Å². The Bertz CT molecular complexity index is 331. The summed E-state index contributed by atoms with van der Waals surface area (Å²) in [7, 11) is 3.85. The number of hydrogen-bond acceptors (Lipinski definition) is 4. The smallest absolute Gasteiger partial charge is 0.142 e. The van der Waals surface area contributed by atoms with Crippen LogP contribution in [0.3, 0.4) is 0 Å². The largest absolute Gasteiger partial charge is 0.491 e. The van der Waals surface area contributed by atoms with E-state index in [2.05, 4.69) is 11.9 Å². The average Bonchev–Trinajstić information content (AvgIpc) is 2.37. The Morgan fingerprint density at radius 1 is 1.11 bits per heavy atom. The van der Waals surface area contributed by atoms with Gasteiger partial charge in [0.05, 0.1) is 12.3 Å². The lowest BCUT2D eigenvalue weighted by Gasteiger charge is -2.16. The number of methoxy groups -OCH3 is 1. The monoisotopic (exact) mass is 252 g/mol. The molecule has 0 saturated carbocycles. The zero-order chi connectivity index (χ0) is 13.2. The van der Waals surface area contributed by atoms with Gasteiger partial charge in [0, 0.05) is 26.8 Å². The van der Waals surface area contributed by atoms with Crippen LogP contribution in [0.1, 0.15) is 12.8 Å². The summed E-state index contributed by atoms with van der Waals surface area (Å²) in [5, 5.41) is 0. The molecule has 4 nitrogen and oxygen atoms in total. The molecule has 0 atom stereocenters. The van der Waals surface area contributed by atoms with Gasteiger partial charge < -0.3 is 20.1 Å². The molecule has 0 aromatic heterocycles. The maximum Gasteiger partial charge on any atom is 0.142 e. The first-order valence-corrected chi connectivity index (χ1v) is 6.39. The predicted molar refractivity (Wildman–Crippen MR) is 75.0 cm³/mol. The summed E-state index contributed by atoms with van der Waals surface area (Å²) in [6.07, 6.45) is 2.07. The highest BCUT2D eigenvalue weighted by atomic mass is 16.5. The Balaban J connectivity index is 2.09. The second kappa shape index (κ2) is 8.78. The lowest BCUT2D eigenvalue weighted by Crippen LogP contribution is -2.23. The van der Waals surface area contributed by atoms with E-state index in [4.69, 9.17) is 15.2 Å². The summed E-state index contributed by atoms with van der Waals surface area (Å²) in [5.74, 6) is 0.777. The van der Waals surface area contributed by atoms with Crippen LogP contribution in [0.25, 0.3) is 0 Å². The van der Waals surface area contributed by atoms with Gasteiger partial charge >= 0.3 is 0 Å². The Morgan fingerprint density at radius 3 is 2.44 bits per heavy atom. The van der Waals surface area contributed by atoms with E-state index >= 15 is 0 Å². The number of ether oxygens (including phenoxy) is 2. The number of rotatable bonds is 9. The van der Waals surface area contributed by atoms with Crippen molar-refractivity contribution in [1.29, 1.82) is 0 Å². The van der Waals surface area contributed by atoms with Gasteiger partial charge in [0.25, 0.3) is 0 Å². The predicted octanol–water partition coefficient (Wildman–Crippen LogP) is 2.01. The molecule has 0 fully saturated rings. The molecule has 2 N–H and O–H groups in total. The molecule has 0 heterocycles. The molecular weight excluding hydrogens is 228 g/mol. The van der Waals surface area contributed by atoms with Gasteiger partial charge in [0.2, 0.25) is 0 Å². The molecule has 0 bridgehead atoms. The fourth-order valence-electron chi connectivity index (χ4n) is 1.72. The van der Waals surface area contributed by atoms with Gasteiger partial charge in [-0.05, 0) is 32.0 Å². The normalized spacial score (nSPS) is 10.8. The number of hydrogen-bond donors (Lipinski definition) is 1. The summed E-state index contributed by atoms with van der Waals surface area (Å²) < 4.78 is 10.7. The first kappa shape index (κ1) is 14.8. The third kappa shape index (κ3) is 5.89. The molecule has 1 aromatic rings.